The minimum Gasteiger partial charge on any atom is -0.497 e. The normalized spacial score (nSPS) is 19.1. The Kier molecular flexibility index (Phi) is 7.57. The van der Waals surface area contributed by atoms with Gasteiger partial charge in [0.2, 0.25) is 0 Å². The Morgan fingerprint density at radius 2 is 1.85 bits per heavy atom. The monoisotopic (exact) mass is 467 g/mol. The maximum Gasteiger partial charge on any atom is 0.309 e. The summed E-state index contributed by atoms with van der Waals surface area (Å²) in [7, 11) is 1.61. The molecule has 1 atom stereocenters. The van der Waals surface area contributed by atoms with Crippen LogP contribution in [0.3, 0.4) is 0 Å². The van der Waals surface area contributed by atoms with E-state index in [9.17, 15) is 14.0 Å². The number of hydrogen-bond donors (Lipinski definition) is 0. The van der Waals surface area contributed by atoms with Crippen LogP contribution in [-0.4, -0.2) is 60.8 Å². The lowest BCUT2D eigenvalue weighted by Crippen LogP contribution is -2.43. The zero-order valence-electron chi connectivity index (χ0n) is 19.6. The topological polar surface area (TPSA) is 71.4 Å². The molecule has 2 aromatic rings. The van der Waals surface area contributed by atoms with E-state index in [0.717, 1.165) is 11.3 Å². The molecule has 0 aliphatic carbocycles. The number of halogens is 1. The smallest absolute Gasteiger partial charge is 0.309 e. The van der Waals surface area contributed by atoms with Crippen molar-refractivity contribution in [2.75, 3.05) is 33.4 Å². The summed E-state index contributed by atoms with van der Waals surface area (Å²) in [6, 6.07) is 13.6. The molecule has 1 amide bonds. The number of carbonyl (C=O) groups excluding carboxylic acids is 2. The zero-order valence-corrected chi connectivity index (χ0v) is 19.6. The predicted molar refractivity (Wildman–Crippen MR) is 126 cm³/mol. The first kappa shape index (κ1) is 23.9. The van der Waals surface area contributed by atoms with Gasteiger partial charge in [0.25, 0.3) is 5.91 Å². The SMILES string of the molecule is CCOC(=O)C1CCN(CC(=O)N2N=C(c3cccc(F)c3)CC2c2ccc(OC)cc2)CC1. The lowest BCUT2D eigenvalue weighted by molar-refractivity contribution is -0.149. The summed E-state index contributed by atoms with van der Waals surface area (Å²) in [6.07, 6.45) is 1.84. The average molecular weight is 468 g/mol. The molecule has 4 rings (SSSR count). The minimum absolute atomic E-state index is 0.109. The van der Waals surface area contributed by atoms with Crippen molar-refractivity contribution < 1.29 is 23.5 Å². The summed E-state index contributed by atoms with van der Waals surface area (Å²) >= 11 is 0. The van der Waals surface area contributed by atoms with Crippen LogP contribution in [0.25, 0.3) is 0 Å². The molecule has 1 fully saturated rings. The fourth-order valence-corrected chi connectivity index (χ4v) is 4.52. The Hall–Kier alpha value is -3.26. The Bertz CT molecular complexity index is 1050. The first-order chi connectivity index (χ1) is 16.5. The number of carbonyl (C=O) groups is 2. The van der Waals surface area contributed by atoms with E-state index in [1.807, 2.05) is 24.3 Å². The van der Waals surface area contributed by atoms with Crippen LogP contribution >= 0.6 is 0 Å². The fraction of sp³-hybridized carbons (Fsp3) is 0.423. The van der Waals surface area contributed by atoms with Crippen molar-refractivity contribution in [3.63, 3.8) is 0 Å². The highest BCUT2D eigenvalue weighted by atomic mass is 19.1. The van der Waals surface area contributed by atoms with Gasteiger partial charge in [-0.2, -0.15) is 5.10 Å². The fourth-order valence-electron chi connectivity index (χ4n) is 4.52. The molecular formula is C26H30FN3O4. The first-order valence-corrected chi connectivity index (χ1v) is 11.7. The maximum atomic E-state index is 13.8. The zero-order chi connectivity index (χ0) is 24.1. The van der Waals surface area contributed by atoms with Crippen molar-refractivity contribution in [3.8, 4) is 5.75 Å². The van der Waals surface area contributed by atoms with Crippen LogP contribution in [0, 0.1) is 11.7 Å². The van der Waals surface area contributed by atoms with E-state index in [0.29, 0.717) is 50.2 Å². The van der Waals surface area contributed by atoms with Gasteiger partial charge >= 0.3 is 5.97 Å². The number of piperidine rings is 1. The van der Waals surface area contributed by atoms with Crippen LogP contribution in [0.2, 0.25) is 0 Å². The Morgan fingerprint density at radius 3 is 2.50 bits per heavy atom. The largest absolute Gasteiger partial charge is 0.497 e. The molecule has 8 heteroatoms. The van der Waals surface area contributed by atoms with Gasteiger partial charge in [-0.05, 0) is 62.7 Å². The Labute approximate surface area is 199 Å². The molecule has 0 bridgehead atoms. The third kappa shape index (κ3) is 5.44. The van der Waals surface area contributed by atoms with Gasteiger partial charge in [-0.1, -0.05) is 24.3 Å². The summed E-state index contributed by atoms with van der Waals surface area (Å²) in [5.74, 6) is 0.00674. The van der Waals surface area contributed by atoms with Crippen molar-refractivity contribution in [2.24, 2.45) is 11.0 Å². The Morgan fingerprint density at radius 1 is 1.12 bits per heavy atom. The van der Waals surface area contributed by atoms with Crippen LogP contribution in [0.1, 0.15) is 43.4 Å². The third-order valence-electron chi connectivity index (χ3n) is 6.39. The van der Waals surface area contributed by atoms with Crippen molar-refractivity contribution in [1.29, 1.82) is 0 Å². The molecule has 0 spiro atoms. The molecule has 2 aromatic carbocycles. The van der Waals surface area contributed by atoms with Crippen molar-refractivity contribution >= 4 is 17.6 Å². The van der Waals surface area contributed by atoms with Crippen LogP contribution in [0.5, 0.6) is 5.75 Å². The number of hydrogen-bond acceptors (Lipinski definition) is 6. The van der Waals surface area contributed by atoms with Crippen LogP contribution in [-0.2, 0) is 14.3 Å². The molecule has 180 valence electrons. The van der Waals surface area contributed by atoms with Gasteiger partial charge < -0.3 is 9.47 Å². The van der Waals surface area contributed by atoms with E-state index in [-0.39, 0.29) is 36.2 Å². The molecule has 2 aliphatic rings. The average Bonchev–Trinajstić information content (AvgIpc) is 3.30. The predicted octanol–water partition coefficient (Wildman–Crippen LogP) is 3.79. The minimum atomic E-state index is -0.338. The maximum absolute atomic E-state index is 13.8. The van der Waals surface area contributed by atoms with E-state index in [1.54, 1.807) is 26.2 Å². The van der Waals surface area contributed by atoms with Gasteiger partial charge in [0.05, 0.1) is 37.9 Å². The van der Waals surface area contributed by atoms with Gasteiger partial charge in [-0.15, -0.1) is 0 Å². The van der Waals surface area contributed by atoms with Gasteiger partial charge in [-0.3, -0.25) is 14.5 Å². The van der Waals surface area contributed by atoms with Crippen LogP contribution in [0.4, 0.5) is 4.39 Å². The highest BCUT2D eigenvalue weighted by Crippen LogP contribution is 2.34. The number of rotatable bonds is 7. The number of likely N-dealkylation sites (tertiary alicyclic amines) is 1. The number of nitrogens with zero attached hydrogens (tertiary/aromatic N) is 3. The van der Waals surface area contributed by atoms with E-state index in [2.05, 4.69) is 10.0 Å². The summed E-state index contributed by atoms with van der Waals surface area (Å²) < 4.78 is 24.2. The second-order valence-electron chi connectivity index (χ2n) is 8.59. The molecule has 0 radical (unpaired) electrons. The lowest BCUT2D eigenvalue weighted by Gasteiger charge is -2.32. The Balaban J connectivity index is 1.49. The molecule has 0 aromatic heterocycles. The molecule has 2 aliphatic heterocycles. The summed E-state index contributed by atoms with van der Waals surface area (Å²) in [5.41, 5.74) is 2.28. The summed E-state index contributed by atoms with van der Waals surface area (Å²) in [5, 5.41) is 6.16. The molecule has 7 nitrogen and oxygen atoms in total. The standard InChI is InChI=1S/C26H30FN3O4/c1-3-34-26(32)19-11-13-29(14-12-19)17-25(31)30-24(18-7-9-22(33-2)10-8-18)16-23(28-30)20-5-4-6-21(27)15-20/h4-10,15,19,24H,3,11-14,16-17H2,1-2H3. The van der Waals surface area contributed by atoms with Gasteiger partial charge in [0, 0.05) is 12.0 Å². The highest BCUT2D eigenvalue weighted by Gasteiger charge is 2.35. The van der Waals surface area contributed by atoms with E-state index in [1.165, 1.54) is 17.1 Å². The molecular weight excluding hydrogens is 437 g/mol. The van der Waals surface area contributed by atoms with Crippen molar-refractivity contribution in [3.05, 3.63) is 65.5 Å². The van der Waals surface area contributed by atoms with E-state index >= 15 is 0 Å². The number of hydrazone groups is 1. The number of esters is 1. The van der Waals surface area contributed by atoms with Crippen LogP contribution < -0.4 is 4.74 Å². The number of methoxy groups -OCH3 is 1. The molecule has 1 saturated heterocycles. The lowest BCUT2D eigenvalue weighted by atomic mass is 9.97. The summed E-state index contributed by atoms with van der Waals surface area (Å²) in [6.45, 7) is 3.69. The first-order valence-electron chi connectivity index (χ1n) is 11.7. The van der Waals surface area contributed by atoms with Gasteiger partial charge in [-0.25, -0.2) is 9.40 Å². The molecule has 34 heavy (non-hydrogen) atoms. The van der Waals surface area contributed by atoms with E-state index in [4.69, 9.17) is 9.47 Å². The second-order valence-corrected chi connectivity index (χ2v) is 8.59. The molecule has 0 saturated carbocycles. The number of amides is 1. The van der Waals surface area contributed by atoms with E-state index < -0.39 is 0 Å². The molecule has 2 heterocycles. The van der Waals surface area contributed by atoms with Gasteiger partial charge in [0.15, 0.2) is 0 Å². The second kappa shape index (κ2) is 10.8. The molecule has 0 N–H and O–H groups in total. The van der Waals surface area contributed by atoms with Crippen LogP contribution in [0.15, 0.2) is 53.6 Å². The van der Waals surface area contributed by atoms with Crippen molar-refractivity contribution in [1.82, 2.24) is 9.91 Å². The summed E-state index contributed by atoms with van der Waals surface area (Å²) in [4.78, 5) is 27.4. The molecule has 1 unspecified atom stereocenters. The number of ether oxygens (including phenoxy) is 2. The highest BCUT2D eigenvalue weighted by molar-refractivity contribution is 6.03. The van der Waals surface area contributed by atoms with Gasteiger partial charge in [0.1, 0.15) is 11.6 Å². The number of benzene rings is 2. The van der Waals surface area contributed by atoms with Crippen molar-refractivity contribution in [2.45, 2.75) is 32.2 Å². The quantitative estimate of drug-likeness (QED) is 0.580. The third-order valence-corrected chi connectivity index (χ3v) is 6.39.